The second kappa shape index (κ2) is 5.63. The number of hydrogen-bond acceptors (Lipinski definition) is 4. The number of nitrogens with zero attached hydrogens (tertiary/aromatic N) is 2. The summed E-state index contributed by atoms with van der Waals surface area (Å²) in [7, 11) is 0. The van der Waals surface area contributed by atoms with Gasteiger partial charge in [0.15, 0.2) is 0 Å². The number of pyridine rings is 1. The minimum absolute atomic E-state index is 0.248. The van der Waals surface area contributed by atoms with Crippen LogP contribution in [0.3, 0.4) is 0 Å². The Hall–Kier alpha value is -2.53. The normalized spacial score (nSPS) is 10.2. The van der Waals surface area contributed by atoms with Crippen molar-refractivity contribution in [2.75, 3.05) is 5.32 Å². The molecular weight excluding hydrogens is 270 g/mol. The lowest BCUT2D eigenvalue weighted by molar-refractivity contribution is 0.102. The Morgan fingerprint density at radius 3 is 2.60 bits per heavy atom. The van der Waals surface area contributed by atoms with Crippen LogP contribution in [0.4, 0.5) is 5.82 Å². The van der Waals surface area contributed by atoms with Gasteiger partial charge in [-0.2, -0.15) is 0 Å². The zero-order chi connectivity index (χ0) is 13.8. The molecule has 1 amide bonds. The van der Waals surface area contributed by atoms with Crippen LogP contribution >= 0.6 is 11.3 Å². The second-order valence-electron chi connectivity index (χ2n) is 4.07. The van der Waals surface area contributed by atoms with Crippen LogP contribution in [0.25, 0.3) is 10.6 Å². The molecule has 3 aromatic rings. The molecular formula is C15H11N3OS. The van der Waals surface area contributed by atoms with Crippen LogP contribution in [0.5, 0.6) is 0 Å². The van der Waals surface area contributed by atoms with Gasteiger partial charge >= 0.3 is 0 Å². The largest absolute Gasteiger partial charge is 0.305 e. The number of carbonyl (C=O) groups excluding carboxylic acids is 1. The van der Waals surface area contributed by atoms with Gasteiger partial charge in [-0.05, 0) is 12.1 Å². The monoisotopic (exact) mass is 281 g/mol. The molecule has 0 spiro atoms. The fraction of sp³-hybridized carbons (Fsp3) is 0. The second-order valence-corrected chi connectivity index (χ2v) is 4.93. The number of anilines is 1. The molecule has 0 aliphatic rings. The summed E-state index contributed by atoms with van der Waals surface area (Å²) in [5.74, 6) is 0.272. The molecule has 0 atom stereocenters. The number of benzene rings is 1. The summed E-state index contributed by atoms with van der Waals surface area (Å²) in [4.78, 5) is 20.5. The van der Waals surface area contributed by atoms with E-state index in [1.807, 2.05) is 36.4 Å². The summed E-state index contributed by atoms with van der Waals surface area (Å²) in [6.45, 7) is 0. The van der Waals surface area contributed by atoms with Gasteiger partial charge in [0.05, 0.1) is 0 Å². The predicted molar refractivity (Wildman–Crippen MR) is 79.7 cm³/mol. The Morgan fingerprint density at radius 2 is 1.85 bits per heavy atom. The van der Waals surface area contributed by atoms with Crippen molar-refractivity contribution in [1.29, 1.82) is 0 Å². The predicted octanol–water partition coefficient (Wildman–Crippen LogP) is 3.46. The van der Waals surface area contributed by atoms with E-state index in [1.165, 1.54) is 11.3 Å². The van der Waals surface area contributed by atoms with Gasteiger partial charge in [-0.25, -0.2) is 9.97 Å². The van der Waals surface area contributed by atoms with E-state index in [0.717, 1.165) is 10.6 Å². The molecule has 0 fully saturated rings. The third kappa shape index (κ3) is 2.73. The van der Waals surface area contributed by atoms with Crippen LogP contribution in [0.15, 0.2) is 60.1 Å². The van der Waals surface area contributed by atoms with Crippen molar-refractivity contribution in [3.8, 4) is 10.6 Å². The minimum Gasteiger partial charge on any atom is -0.305 e. The van der Waals surface area contributed by atoms with Gasteiger partial charge in [0, 0.05) is 17.1 Å². The summed E-state index contributed by atoms with van der Waals surface area (Å²) in [5.41, 5.74) is 1.41. The fourth-order valence-corrected chi connectivity index (χ4v) is 2.51. The Bertz CT molecular complexity index is 710. The van der Waals surface area contributed by atoms with E-state index in [0.29, 0.717) is 11.5 Å². The molecule has 2 heterocycles. The highest BCUT2D eigenvalue weighted by atomic mass is 32.1. The molecule has 1 N–H and O–H groups in total. The molecule has 4 nitrogen and oxygen atoms in total. The number of hydrogen-bond donors (Lipinski definition) is 1. The third-order valence-corrected chi connectivity index (χ3v) is 3.56. The van der Waals surface area contributed by atoms with Gasteiger partial charge in [0.25, 0.3) is 5.91 Å². The van der Waals surface area contributed by atoms with Crippen LogP contribution in [0.2, 0.25) is 0 Å². The molecule has 0 unspecified atom stereocenters. The van der Waals surface area contributed by atoms with Gasteiger partial charge in [0.2, 0.25) is 0 Å². The highest BCUT2D eigenvalue weighted by Gasteiger charge is 2.12. The van der Waals surface area contributed by atoms with E-state index >= 15 is 0 Å². The smallest absolute Gasteiger partial charge is 0.276 e. The number of thiazole rings is 1. The lowest BCUT2D eigenvalue weighted by Gasteiger charge is -2.00. The standard InChI is InChI=1S/C15H11N3OS/c19-14(18-13-8-4-5-9-16-13)12-10-20-15(17-12)11-6-2-1-3-7-11/h1-10H,(H,16,18,19). The Morgan fingerprint density at radius 1 is 1.05 bits per heavy atom. The summed E-state index contributed by atoms with van der Waals surface area (Å²) >= 11 is 1.45. The Labute approximate surface area is 120 Å². The van der Waals surface area contributed by atoms with Crippen molar-refractivity contribution in [3.05, 3.63) is 65.8 Å². The molecule has 5 heteroatoms. The first-order chi connectivity index (χ1) is 9.83. The quantitative estimate of drug-likeness (QED) is 0.800. The first-order valence-corrected chi connectivity index (χ1v) is 6.94. The fourth-order valence-electron chi connectivity index (χ4n) is 1.71. The van der Waals surface area contributed by atoms with Crippen LogP contribution in [0.1, 0.15) is 10.5 Å². The molecule has 0 saturated carbocycles. The number of carbonyl (C=O) groups is 1. The maximum atomic E-state index is 12.1. The van der Waals surface area contributed by atoms with Gasteiger partial charge in [0.1, 0.15) is 16.5 Å². The minimum atomic E-state index is -0.248. The molecule has 2 aromatic heterocycles. The molecule has 0 aliphatic heterocycles. The molecule has 1 aromatic carbocycles. The number of rotatable bonds is 3. The average Bonchev–Trinajstić information content (AvgIpc) is 2.99. The first-order valence-electron chi connectivity index (χ1n) is 6.06. The summed E-state index contributed by atoms with van der Waals surface area (Å²) in [5, 5.41) is 5.30. The number of amides is 1. The highest BCUT2D eigenvalue weighted by molar-refractivity contribution is 7.13. The summed E-state index contributed by atoms with van der Waals surface area (Å²) in [6.07, 6.45) is 1.63. The SMILES string of the molecule is O=C(Nc1ccccn1)c1csc(-c2ccccc2)n1. The van der Waals surface area contributed by atoms with Crippen LogP contribution in [-0.2, 0) is 0 Å². The molecule has 0 bridgehead atoms. The third-order valence-electron chi connectivity index (χ3n) is 2.66. The van der Waals surface area contributed by atoms with Crippen molar-refractivity contribution < 1.29 is 4.79 Å². The van der Waals surface area contributed by atoms with Crippen molar-refractivity contribution in [2.24, 2.45) is 0 Å². The topological polar surface area (TPSA) is 54.9 Å². The molecule has 0 saturated heterocycles. The van der Waals surface area contributed by atoms with Crippen molar-refractivity contribution in [1.82, 2.24) is 9.97 Å². The number of aromatic nitrogens is 2. The van der Waals surface area contributed by atoms with E-state index in [1.54, 1.807) is 23.7 Å². The van der Waals surface area contributed by atoms with E-state index in [4.69, 9.17) is 0 Å². The Kier molecular flexibility index (Phi) is 3.52. The van der Waals surface area contributed by atoms with Crippen LogP contribution in [0, 0.1) is 0 Å². The van der Waals surface area contributed by atoms with Gasteiger partial charge in [-0.3, -0.25) is 4.79 Å². The van der Waals surface area contributed by atoms with Crippen molar-refractivity contribution in [2.45, 2.75) is 0 Å². The van der Waals surface area contributed by atoms with Gasteiger partial charge < -0.3 is 5.32 Å². The van der Waals surface area contributed by atoms with E-state index in [-0.39, 0.29) is 5.91 Å². The van der Waals surface area contributed by atoms with E-state index in [9.17, 15) is 4.79 Å². The molecule has 20 heavy (non-hydrogen) atoms. The van der Waals surface area contributed by atoms with Crippen LogP contribution in [-0.4, -0.2) is 15.9 Å². The number of nitrogens with one attached hydrogen (secondary N) is 1. The first kappa shape index (κ1) is 12.5. The lowest BCUT2D eigenvalue weighted by atomic mass is 10.2. The zero-order valence-electron chi connectivity index (χ0n) is 10.5. The lowest BCUT2D eigenvalue weighted by Crippen LogP contribution is -2.13. The summed E-state index contributed by atoms with van der Waals surface area (Å²) < 4.78 is 0. The Balaban J connectivity index is 1.79. The maximum absolute atomic E-state index is 12.1. The molecule has 0 aliphatic carbocycles. The highest BCUT2D eigenvalue weighted by Crippen LogP contribution is 2.23. The van der Waals surface area contributed by atoms with Gasteiger partial charge in [-0.15, -0.1) is 11.3 Å². The average molecular weight is 281 g/mol. The molecule has 0 radical (unpaired) electrons. The van der Waals surface area contributed by atoms with Crippen molar-refractivity contribution in [3.63, 3.8) is 0 Å². The van der Waals surface area contributed by atoms with Crippen molar-refractivity contribution >= 4 is 23.1 Å². The maximum Gasteiger partial charge on any atom is 0.276 e. The van der Waals surface area contributed by atoms with E-state index in [2.05, 4.69) is 15.3 Å². The molecule has 3 rings (SSSR count). The van der Waals surface area contributed by atoms with Crippen LogP contribution < -0.4 is 5.32 Å². The summed E-state index contributed by atoms with van der Waals surface area (Å²) in [6, 6.07) is 15.1. The molecule has 98 valence electrons. The zero-order valence-corrected chi connectivity index (χ0v) is 11.3. The van der Waals surface area contributed by atoms with E-state index < -0.39 is 0 Å². The van der Waals surface area contributed by atoms with Gasteiger partial charge in [-0.1, -0.05) is 36.4 Å².